The van der Waals surface area contributed by atoms with Gasteiger partial charge < -0.3 is 20.1 Å². The van der Waals surface area contributed by atoms with E-state index >= 15 is 0 Å². The molecule has 2 unspecified atom stereocenters. The number of alkyl halides is 6. The van der Waals surface area contributed by atoms with Crippen LogP contribution in [0.4, 0.5) is 26.3 Å². The molecule has 0 aromatic carbocycles. The van der Waals surface area contributed by atoms with Crippen molar-refractivity contribution in [1.82, 2.24) is 20.7 Å². The van der Waals surface area contributed by atoms with Crippen LogP contribution in [-0.2, 0) is 25.3 Å². The molecule has 5 atom stereocenters. The number of carbonyl (C=O) groups excluding carboxylic acids is 4. The highest BCUT2D eigenvalue weighted by Gasteiger charge is 2.50. The molecule has 1 aliphatic carbocycles. The summed E-state index contributed by atoms with van der Waals surface area (Å²) < 4.78 is 84.5. The first kappa shape index (κ1) is 28.8. The molecule has 1 aromatic rings. The van der Waals surface area contributed by atoms with Gasteiger partial charge in [-0.15, -0.1) is 13.2 Å². The summed E-state index contributed by atoms with van der Waals surface area (Å²) in [4.78, 5) is 52.5. The Bertz CT molecular complexity index is 1110. The van der Waals surface area contributed by atoms with E-state index in [9.17, 15) is 45.5 Å². The van der Waals surface area contributed by atoms with Crippen molar-refractivity contribution in [2.24, 2.45) is 17.8 Å². The van der Waals surface area contributed by atoms with Crippen molar-refractivity contribution < 1.29 is 54.8 Å². The maximum absolute atomic E-state index is 13.5. The molecule has 2 saturated heterocycles. The van der Waals surface area contributed by atoms with Crippen molar-refractivity contribution in [2.75, 3.05) is 19.7 Å². The van der Waals surface area contributed by atoms with Gasteiger partial charge in [-0.3, -0.25) is 23.9 Å². The zero-order valence-corrected chi connectivity index (χ0v) is 20.4. The highest BCUT2D eigenvalue weighted by Crippen LogP contribution is 2.41. The lowest BCUT2D eigenvalue weighted by molar-refractivity contribution is -0.321. The number of Topliss-reactive ketones (excluding diaryl/α,β-unsaturated/α-hetero) is 1. The third-order valence-corrected chi connectivity index (χ3v) is 7.44. The second-order valence-corrected chi connectivity index (χ2v) is 9.96. The fourth-order valence-electron chi connectivity index (χ4n) is 5.61. The lowest BCUT2D eigenvalue weighted by atomic mass is 9.78. The Morgan fingerprint density at radius 2 is 1.87 bits per heavy atom. The molecule has 3 heterocycles. The molecule has 3 aliphatic rings. The van der Waals surface area contributed by atoms with Crippen molar-refractivity contribution in [2.45, 2.75) is 63.1 Å². The van der Waals surface area contributed by atoms with Gasteiger partial charge >= 0.3 is 12.5 Å². The third-order valence-electron chi connectivity index (χ3n) is 7.44. The number of hydrogen-bond donors (Lipinski definition) is 2. The highest BCUT2D eigenvalue weighted by molar-refractivity contribution is 5.98. The molecule has 2 N–H and O–H groups in total. The van der Waals surface area contributed by atoms with E-state index in [1.165, 1.54) is 0 Å². The number of nitrogens with one attached hydrogen (secondary N) is 2. The number of carbonyl (C=O) groups is 4. The summed E-state index contributed by atoms with van der Waals surface area (Å²) in [7, 11) is 0. The van der Waals surface area contributed by atoms with Crippen LogP contribution in [0, 0.1) is 17.8 Å². The molecule has 3 amide bonds. The number of fused-ring (bicyclic) bond motifs is 1. The van der Waals surface area contributed by atoms with Crippen molar-refractivity contribution in [1.29, 1.82) is 0 Å². The van der Waals surface area contributed by atoms with E-state index in [2.05, 4.69) is 25.1 Å². The molecule has 16 heteroatoms. The zero-order chi connectivity index (χ0) is 28.5. The van der Waals surface area contributed by atoms with E-state index in [4.69, 9.17) is 0 Å². The van der Waals surface area contributed by atoms with E-state index < -0.39 is 78.0 Å². The number of nitrogens with zero attached hydrogens (tertiary/aromatic N) is 2. The van der Waals surface area contributed by atoms with Crippen LogP contribution in [-0.4, -0.2) is 71.7 Å². The predicted octanol–water partition coefficient (Wildman–Crippen LogP) is 2.44. The summed E-state index contributed by atoms with van der Waals surface area (Å²) in [5, 5.41) is 8.17. The fourth-order valence-corrected chi connectivity index (χ4v) is 5.61. The number of halogens is 6. The average molecular weight is 568 g/mol. The second-order valence-electron chi connectivity index (χ2n) is 9.96. The molecule has 1 aromatic heterocycles. The summed E-state index contributed by atoms with van der Waals surface area (Å²) in [6.07, 6.45) is -7.29. The zero-order valence-electron chi connectivity index (χ0n) is 20.4. The van der Waals surface area contributed by atoms with E-state index in [-0.39, 0.29) is 18.9 Å². The molecule has 0 spiro atoms. The first-order valence-electron chi connectivity index (χ1n) is 12.4. The molecule has 4 rings (SSSR count). The summed E-state index contributed by atoms with van der Waals surface area (Å²) in [5.74, 6) is -6.18. The van der Waals surface area contributed by atoms with E-state index in [1.807, 2.05) is 0 Å². The fraction of sp³-hybridized carbons (Fsp3) is 0.696. The van der Waals surface area contributed by atoms with Crippen molar-refractivity contribution in [3.8, 4) is 0 Å². The van der Waals surface area contributed by atoms with E-state index in [0.29, 0.717) is 31.9 Å². The van der Waals surface area contributed by atoms with Crippen molar-refractivity contribution in [3.05, 3.63) is 17.5 Å². The maximum atomic E-state index is 13.5. The van der Waals surface area contributed by atoms with Gasteiger partial charge in [-0.2, -0.15) is 13.2 Å². The van der Waals surface area contributed by atoms with Gasteiger partial charge in [0.25, 0.3) is 5.91 Å². The summed E-state index contributed by atoms with van der Waals surface area (Å²) in [5.41, 5.74) is -0.660. The molecule has 10 nitrogen and oxygen atoms in total. The van der Waals surface area contributed by atoms with Crippen LogP contribution < -0.4 is 10.6 Å². The minimum atomic E-state index is -5.11. The van der Waals surface area contributed by atoms with E-state index in [0.717, 1.165) is 17.7 Å². The van der Waals surface area contributed by atoms with Crippen LogP contribution in [0.5, 0.6) is 0 Å². The Morgan fingerprint density at radius 1 is 1.15 bits per heavy atom. The monoisotopic (exact) mass is 568 g/mol. The van der Waals surface area contributed by atoms with Crippen LogP contribution in [0.2, 0.25) is 0 Å². The molecule has 2 aliphatic heterocycles. The Labute approximate surface area is 217 Å². The molecule has 39 heavy (non-hydrogen) atoms. The maximum Gasteiger partial charge on any atom is 0.522 e. The lowest BCUT2D eigenvalue weighted by Gasteiger charge is -2.31. The molecule has 3 fully saturated rings. The molecule has 0 bridgehead atoms. The van der Waals surface area contributed by atoms with E-state index in [1.54, 1.807) is 0 Å². The predicted molar refractivity (Wildman–Crippen MR) is 116 cm³/mol. The van der Waals surface area contributed by atoms with Gasteiger partial charge in [-0.05, 0) is 37.5 Å². The molecular formula is C23H26F6N4O6. The van der Waals surface area contributed by atoms with Crippen LogP contribution >= 0.6 is 0 Å². The quantitative estimate of drug-likeness (QED) is 0.461. The van der Waals surface area contributed by atoms with Crippen molar-refractivity contribution >= 4 is 23.5 Å². The number of ketones is 1. The molecule has 0 radical (unpaired) electrons. The molecule has 216 valence electrons. The normalized spacial score (nSPS) is 26.2. The third kappa shape index (κ3) is 6.70. The molecule has 1 saturated carbocycles. The first-order valence-corrected chi connectivity index (χ1v) is 12.4. The summed E-state index contributed by atoms with van der Waals surface area (Å²) >= 11 is 0. The Kier molecular flexibility index (Phi) is 8.23. The number of rotatable bonds is 8. The average Bonchev–Trinajstić information content (AvgIpc) is 3.59. The van der Waals surface area contributed by atoms with Gasteiger partial charge in [0.1, 0.15) is 12.6 Å². The lowest BCUT2D eigenvalue weighted by Crippen LogP contribution is -2.54. The Morgan fingerprint density at radius 3 is 2.49 bits per heavy atom. The Hall–Kier alpha value is -3.17. The van der Waals surface area contributed by atoms with Gasteiger partial charge in [0.15, 0.2) is 11.5 Å². The second kappa shape index (κ2) is 11.1. The first-order chi connectivity index (χ1) is 18.2. The van der Waals surface area contributed by atoms with Gasteiger partial charge in [0.05, 0.1) is 6.04 Å². The SMILES string of the molecule is O=C1NCCC1CC(NC(=O)[C@@H]1[C@H]2CCCC[C@H]2CN1C(=O)c1cc(C(F)(F)F)on1)C(=O)COC(F)(F)F. The molecular weight excluding hydrogens is 542 g/mol. The topological polar surface area (TPSA) is 131 Å². The van der Waals surface area contributed by atoms with Crippen LogP contribution in [0.25, 0.3) is 0 Å². The van der Waals surface area contributed by atoms with Gasteiger partial charge in [-0.1, -0.05) is 18.0 Å². The van der Waals surface area contributed by atoms with Crippen LogP contribution in [0.15, 0.2) is 10.6 Å². The van der Waals surface area contributed by atoms with Gasteiger partial charge in [-0.25, -0.2) is 0 Å². The number of ether oxygens (including phenoxy) is 1. The minimum absolute atomic E-state index is 0.0383. The standard InChI is InChI=1S/C23H26F6N4O6/c24-22(25,26)17-8-15(32-39-17)21(37)33-9-12-3-1-2-4-13(12)18(33)20(36)31-14(7-11-5-6-30-19(11)35)16(34)10-38-23(27,28)29/h8,11-14,18H,1-7,9-10H2,(H,30,35)(H,31,36)/t11?,12-,13-,14?,18-/m0/s1. The van der Waals surface area contributed by atoms with Gasteiger partial charge in [0, 0.05) is 25.1 Å². The number of aromatic nitrogens is 1. The smallest absolute Gasteiger partial charge is 0.356 e. The van der Waals surface area contributed by atoms with Crippen LogP contribution in [0.1, 0.15) is 54.8 Å². The summed E-state index contributed by atoms with van der Waals surface area (Å²) in [6, 6.07) is -2.32. The number of likely N-dealkylation sites (tertiary alicyclic amines) is 1. The summed E-state index contributed by atoms with van der Waals surface area (Å²) in [6.45, 7) is -1.07. The highest BCUT2D eigenvalue weighted by atomic mass is 19.4. The minimum Gasteiger partial charge on any atom is -0.356 e. The Balaban J connectivity index is 1.56. The largest absolute Gasteiger partial charge is 0.522 e. The van der Waals surface area contributed by atoms with Crippen LogP contribution in [0.3, 0.4) is 0 Å². The van der Waals surface area contributed by atoms with Crippen molar-refractivity contribution in [3.63, 3.8) is 0 Å². The number of amides is 3. The van der Waals surface area contributed by atoms with Gasteiger partial charge in [0.2, 0.25) is 17.6 Å². The number of hydrogen-bond acceptors (Lipinski definition) is 7.